The Hall–Kier alpha value is -2.21. The standard InChI is InChI=1S/C25H45N4O9P/c1-7-37-39(35,38-8-2)23(33)20(26-22(32)19(13-16(3)4)27-24(34)36-6)14-18-15-25(28-21(18)31)9-11-29(12-10-25)17(5)30/h16,18-20,23,33H,7-15H2,1-6H3,(H,26,32)(H,27,34)(H,28,31)/t18?,19-,20?,23?/m0/s1. The Morgan fingerprint density at radius 2 is 1.74 bits per heavy atom. The summed E-state index contributed by atoms with van der Waals surface area (Å²) in [6.45, 7) is 9.50. The maximum absolute atomic E-state index is 13.5. The van der Waals surface area contributed by atoms with Gasteiger partial charge in [0.15, 0.2) is 5.85 Å². The van der Waals surface area contributed by atoms with Gasteiger partial charge in [0, 0.05) is 31.5 Å². The van der Waals surface area contributed by atoms with Gasteiger partial charge in [-0.2, -0.15) is 0 Å². The molecule has 0 bridgehead atoms. The van der Waals surface area contributed by atoms with Gasteiger partial charge in [0.1, 0.15) is 6.04 Å². The molecule has 4 amide bonds. The third kappa shape index (κ3) is 8.89. The summed E-state index contributed by atoms with van der Waals surface area (Å²) in [5.41, 5.74) is -0.497. The lowest BCUT2D eigenvalue weighted by Crippen LogP contribution is -2.53. The van der Waals surface area contributed by atoms with Crippen molar-refractivity contribution in [3.63, 3.8) is 0 Å². The second kappa shape index (κ2) is 14.4. The Balaban J connectivity index is 2.29. The number of hydrogen-bond donors (Lipinski definition) is 4. The molecule has 2 heterocycles. The van der Waals surface area contributed by atoms with Crippen LogP contribution in [-0.2, 0) is 32.7 Å². The van der Waals surface area contributed by atoms with Crippen LogP contribution in [0.1, 0.15) is 66.7 Å². The van der Waals surface area contributed by atoms with Gasteiger partial charge in [0.25, 0.3) is 0 Å². The van der Waals surface area contributed by atoms with Crippen LogP contribution in [0.3, 0.4) is 0 Å². The van der Waals surface area contributed by atoms with Crippen LogP contribution < -0.4 is 16.0 Å². The number of alkyl carbamates (subject to hydrolysis) is 1. The number of piperidine rings is 1. The molecule has 4 N–H and O–H groups in total. The number of nitrogens with zero attached hydrogens (tertiary/aromatic N) is 1. The minimum absolute atomic E-state index is 0.00541. The van der Waals surface area contributed by atoms with Crippen LogP contribution in [0.2, 0.25) is 0 Å². The Bertz CT molecular complexity index is 913. The molecule has 0 aliphatic carbocycles. The van der Waals surface area contributed by atoms with E-state index in [0.717, 1.165) is 0 Å². The summed E-state index contributed by atoms with van der Waals surface area (Å²) in [4.78, 5) is 51.8. The molecule has 2 aliphatic heterocycles. The van der Waals surface area contributed by atoms with Crippen molar-refractivity contribution < 1.29 is 42.6 Å². The molecule has 13 nitrogen and oxygen atoms in total. The van der Waals surface area contributed by atoms with Crippen molar-refractivity contribution in [3.05, 3.63) is 0 Å². The summed E-state index contributed by atoms with van der Waals surface area (Å²) in [6, 6.07) is -2.18. The lowest BCUT2D eigenvalue weighted by Gasteiger charge is -2.39. The summed E-state index contributed by atoms with van der Waals surface area (Å²) >= 11 is 0. The first kappa shape index (κ1) is 33.0. The number of aliphatic hydroxyl groups is 1. The van der Waals surface area contributed by atoms with Gasteiger partial charge < -0.3 is 39.7 Å². The number of rotatable bonds is 13. The third-order valence-electron chi connectivity index (χ3n) is 7.23. The number of methoxy groups -OCH3 is 1. The maximum Gasteiger partial charge on any atom is 0.407 e. The Morgan fingerprint density at radius 3 is 2.23 bits per heavy atom. The molecule has 4 atom stereocenters. The summed E-state index contributed by atoms with van der Waals surface area (Å²) in [5.74, 6) is -3.23. The van der Waals surface area contributed by atoms with Crippen molar-refractivity contribution in [1.82, 2.24) is 20.9 Å². The normalized spacial score (nSPS) is 21.3. The number of hydrogen-bond acceptors (Lipinski definition) is 9. The molecule has 2 rings (SSSR count). The number of carbonyl (C=O) groups is 4. The zero-order valence-electron chi connectivity index (χ0n) is 23.9. The monoisotopic (exact) mass is 576 g/mol. The van der Waals surface area contributed by atoms with E-state index in [1.54, 1.807) is 18.7 Å². The Morgan fingerprint density at radius 1 is 1.15 bits per heavy atom. The van der Waals surface area contributed by atoms with Crippen molar-refractivity contribution in [2.24, 2.45) is 11.8 Å². The van der Waals surface area contributed by atoms with Gasteiger partial charge in [-0.1, -0.05) is 13.8 Å². The van der Waals surface area contributed by atoms with Crippen molar-refractivity contribution in [2.75, 3.05) is 33.4 Å². The maximum atomic E-state index is 13.5. The molecular weight excluding hydrogens is 531 g/mol. The largest absolute Gasteiger partial charge is 0.453 e. The number of aliphatic hydroxyl groups excluding tert-OH is 1. The first-order valence-electron chi connectivity index (χ1n) is 13.6. The number of ether oxygens (including phenoxy) is 1. The molecule has 0 radical (unpaired) electrons. The summed E-state index contributed by atoms with van der Waals surface area (Å²) in [7, 11) is -2.91. The molecular formula is C25H45N4O9P. The zero-order valence-corrected chi connectivity index (χ0v) is 24.8. The minimum atomic E-state index is -4.10. The molecule has 3 unspecified atom stereocenters. The number of carbonyl (C=O) groups excluding carboxylic acids is 4. The highest BCUT2D eigenvalue weighted by Crippen LogP contribution is 2.54. The average Bonchev–Trinajstić information content (AvgIpc) is 3.16. The lowest BCUT2D eigenvalue weighted by atomic mass is 9.82. The molecule has 1 spiro atoms. The van der Waals surface area contributed by atoms with Gasteiger partial charge in [-0.05, 0) is 51.9 Å². The molecule has 2 aliphatic rings. The number of likely N-dealkylation sites (tertiary alicyclic amines) is 1. The van der Waals surface area contributed by atoms with Gasteiger partial charge in [-0.15, -0.1) is 0 Å². The smallest absolute Gasteiger partial charge is 0.407 e. The minimum Gasteiger partial charge on any atom is -0.453 e. The topological polar surface area (TPSA) is 173 Å². The average molecular weight is 577 g/mol. The highest BCUT2D eigenvalue weighted by atomic mass is 31.2. The fraction of sp³-hybridized carbons (Fsp3) is 0.840. The van der Waals surface area contributed by atoms with E-state index in [-0.39, 0.29) is 43.8 Å². The number of nitrogens with one attached hydrogen (secondary N) is 3. The van der Waals surface area contributed by atoms with E-state index in [0.29, 0.717) is 32.4 Å². The van der Waals surface area contributed by atoms with Crippen molar-refractivity contribution >= 4 is 31.4 Å². The second-order valence-electron chi connectivity index (χ2n) is 10.6. The summed E-state index contributed by atoms with van der Waals surface area (Å²) in [6.07, 6.45) is 1.05. The molecule has 0 saturated carbocycles. The first-order chi connectivity index (χ1) is 18.3. The molecule has 39 heavy (non-hydrogen) atoms. The predicted molar refractivity (Wildman–Crippen MR) is 143 cm³/mol. The Kier molecular flexibility index (Phi) is 12.2. The zero-order chi connectivity index (χ0) is 29.4. The quantitative estimate of drug-likeness (QED) is 0.238. The SMILES string of the molecule is CCOP(=O)(OCC)C(O)C(CC1CC2(CCN(C(C)=O)CC2)NC1=O)NC(=O)[C@H](CC(C)C)NC(=O)OC. The van der Waals surface area contributed by atoms with E-state index in [2.05, 4.69) is 20.7 Å². The lowest BCUT2D eigenvalue weighted by molar-refractivity contribution is -0.130. The van der Waals surface area contributed by atoms with E-state index in [1.165, 1.54) is 14.0 Å². The van der Waals surface area contributed by atoms with Crippen molar-refractivity contribution in [1.29, 1.82) is 0 Å². The first-order valence-corrected chi connectivity index (χ1v) is 15.2. The van der Waals surface area contributed by atoms with Crippen LogP contribution in [0.4, 0.5) is 4.79 Å². The van der Waals surface area contributed by atoms with Gasteiger partial charge in [0.2, 0.25) is 17.7 Å². The molecule has 2 saturated heterocycles. The van der Waals surface area contributed by atoms with Crippen LogP contribution in [-0.4, -0.2) is 90.7 Å². The van der Waals surface area contributed by atoms with Gasteiger partial charge in [0.05, 0.1) is 26.4 Å². The predicted octanol–water partition coefficient (Wildman–Crippen LogP) is 1.73. The van der Waals surface area contributed by atoms with Crippen LogP contribution in [0.15, 0.2) is 0 Å². The summed E-state index contributed by atoms with van der Waals surface area (Å²) < 4.78 is 28.8. The second-order valence-corrected chi connectivity index (χ2v) is 12.8. The van der Waals surface area contributed by atoms with Crippen LogP contribution in [0.5, 0.6) is 0 Å². The van der Waals surface area contributed by atoms with Gasteiger partial charge in [-0.3, -0.25) is 18.9 Å². The highest BCUT2D eigenvalue weighted by molar-refractivity contribution is 7.54. The van der Waals surface area contributed by atoms with Crippen LogP contribution in [0, 0.1) is 11.8 Å². The fourth-order valence-corrected chi connectivity index (χ4v) is 7.00. The Labute approximate surface area is 230 Å². The molecule has 0 aromatic carbocycles. The van der Waals surface area contributed by atoms with E-state index in [9.17, 15) is 28.8 Å². The van der Waals surface area contributed by atoms with Crippen LogP contribution >= 0.6 is 7.60 Å². The molecule has 224 valence electrons. The van der Waals surface area contributed by atoms with Crippen molar-refractivity contribution in [3.8, 4) is 0 Å². The molecule has 14 heteroatoms. The van der Waals surface area contributed by atoms with E-state index >= 15 is 0 Å². The molecule has 0 aromatic heterocycles. The van der Waals surface area contributed by atoms with Gasteiger partial charge in [-0.25, -0.2) is 4.79 Å². The number of amides is 4. The van der Waals surface area contributed by atoms with Gasteiger partial charge >= 0.3 is 13.7 Å². The highest BCUT2D eigenvalue weighted by Gasteiger charge is 2.49. The molecule has 2 fully saturated rings. The molecule has 0 aromatic rings. The third-order valence-corrected chi connectivity index (χ3v) is 9.48. The van der Waals surface area contributed by atoms with Crippen LogP contribution in [0.25, 0.3) is 0 Å². The van der Waals surface area contributed by atoms with E-state index < -0.39 is 49.0 Å². The van der Waals surface area contributed by atoms with E-state index in [4.69, 9.17) is 9.05 Å². The summed E-state index contributed by atoms with van der Waals surface area (Å²) in [5, 5.41) is 19.5. The van der Waals surface area contributed by atoms with Crippen molar-refractivity contribution in [2.45, 2.75) is 90.2 Å². The van der Waals surface area contributed by atoms with E-state index in [1.807, 2.05) is 13.8 Å². The fourth-order valence-electron chi connectivity index (χ4n) is 5.27.